The summed E-state index contributed by atoms with van der Waals surface area (Å²) in [6.07, 6.45) is 4.76. The molecule has 8 heteroatoms. The van der Waals surface area contributed by atoms with Gasteiger partial charge in [-0.3, -0.25) is 0 Å². The van der Waals surface area contributed by atoms with E-state index in [1.54, 1.807) is 17.8 Å². The molecule has 1 aliphatic heterocycles. The van der Waals surface area contributed by atoms with Gasteiger partial charge in [0, 0.05) is 27.0 Å². The minimum Gasteiger partial charge on any atom is -0.490 e. The molecule has 3 aromatic rings. The highest BCUT2D eigenvalue weighted by atomic mass is 79.9. The number of hydrogen-bond acceptors (Lipinski definition) is 7. The lowest BCUT2D eigenvalue weighted by atomic mass is 10.1. The Bertz CT molecular complexity index is 1100. The van der Waals surface area contributed by atoms with Crippen molar-refractivity contribution in [2.45, 2.75) is 37.6 Å². The van der Waals surface area contributed by atoms with Crippen LogP contribution in [0, 0.1) is 0 Å². The van der Waals surface area contributed by atoms with Crippen LogP contribution in [0.25, 0.3) is 11.3 Å². The zero-order valence-electron chi connectivity index (χ0n) is 17.9. The molecule has 1 aromatic heterocycles. The normalized spacial score (nSPS) is 14.4. The third-order valence-electron chi connectivity index (χ3n) is 4.90. The van der Waals surface area contributed by atoms with E-state index in [0.29, 0.717) is 23.3 Å². The first-order valence-corrected chi connectivity index (χ1v) is 12.4. The van der Waals surface area contributed by atoms with E-state index >= 15 is 0 Å². The predicted octanol–water partition coefficient (Wildman–Crippen LogP) is 6.65. The standard InChI is InChI=1S/C24H25BrN4O2S/c1-3-5-6-13-32-24-27-23-21(28-29-24)19-15-17(25)10-11-20(19)26-22(31-23)16-8-7-9-18(14-16)30-12-4-2/h4,7-11,14-15,22,26H,2-3,5-6,12-13H2,1H3/t22-/m1/s1. The molecule has 4 rings (SSSR count). The second-order valence-electron chi connectivity index (χ2n) is 7.31. The molecule has 166 valence electrons. The Balaban J connectivity index is 1.68. The highest BCUT2D eigenvalue weighted by Crippen LogP contribution is 2.41. The number of unbranched alkanes of at least 4 members (excludes halogenated alkanes) is 2. The molecule has 6 nitrogen and oxygen atoms in total. The monoisotopic (exact) mass is 512 g/mol. The molecule has 0 saturated carbocycles. The number of nitrogens with one attached hydrogen (secondary N) is 1. The van der Waals surface area contributed by atoms with E-state index in [9.17, 15) is 0 Å². The molecule has 2 heterocycles. The zero-order valence-corrected chi connectivity index (χ0v) is 20.3. The minimum atomic E-state index is -0.460. The van der Waals surface area contributed by atoms with Gasteiger partial charge >= 0.3 is 0 Å². The van der Waals surface area contributed by atoms with Crippen LogP contribution in [0.4, 0.5) is 5.69 Å². The second-order valence-corrected chi connectivity index (χ2v) is 9.29. The highest BCUT2D eigenvalue weighted by Gasteiger charge is 2.26. The Labute approximate surface area is 201 Å². The zero-order chi connectivity index (χ0) is 22.3. The smallest absolute Gasteiger partial charge is 0.247 e. The van der Waals surface area contributed by atoms with Gasteiger partial charge in [-0.15, -0.1) is 10.2 Å². The topological polar surface area (TPSA) is 69.2 Å². The number of rotatable bonds is 9. The summed E-state index contributed by atoms with van der Waals surface area (Å²) in [7, 11) is 0. The van der Waals surface area contributed by atoms with Crippen molar-refractivity contribution in [1.82, 2.24) is 15.2 Å². The Hall–Kier alpha value is -2.58. The number of thioether (sulfide) groups is 1. The molecule has 0 fully saturated rings. The largest absolute Gasteiger partial charge is 0.490 e. The number of benzene rings is 2. The summed E-state index contributed by atoms with van der Waals surface area (Å²) in [6, 6.07) is 13.8. The van der Waals surface area contributed by atoms with Gasteiger partial charge in [0.1, 0.15) is 12.4 Å². The van der Waals surface area contributed by atoms with Crippen LogP contribution in [-0.2, 0) is 0 Å². The maximum Gasteiger partial charge on any atom is 0.247 e. The quantitative estimate of drug-likeness (QED) is 0.195. The van der Waals surface area contributed by atoms with Crippen molar-refractivity contribution < 1.29 is 9.47 Å². The van der Waals surface area contributed by atoms with Gasteiger partial charge in [-0.2, -0.15) is 4.98 Å². The van der Waals surface area contributed by atoms with Crippen LogP contribution in [0.1, 0.15) is 38.0 Å². The van der Waals surface area contributed by atoms with Gasteiger partial charge in [0.25, 0.3) is 0 Å². The van der Waals surface area contributed by atoms with Crippen molar-refractivity contribution in [1.29, 1.82) is 0 Å². The Morgan fingerprint density at radius 2 is 2.12 bits per heavy atom. The molecule has 1 N–H and O–H groups in total. The third kappa shape index (κ3) is 5.42. The van der Waals surface area contributed by atoms with Crippen LogP contribution in [-0.4, -0.2) is 27.5 Å². The molecule has 2 aromatic carbocycles. The van der Waals surface area contributed by atoms with Gasteiger partial charge in [-0.25, -0.2) is 0 Å². The Morgan fingerprint density at radius 3 is 2.97 bits per heavy atom. The van der Waals surface area contributed by atoms with Gasteiger partial charge in [0.15, 0.2) is 11.9 Å². The van der Waals surface area contributed by atoms with Crippen molar-refractivity contribution in [2.24, 2.45) is 0 Å². The number of anilines is 1. The lowest BCUT2D eigenvalue weighted by Gasteiger charge is -2.20. The number of aromatic nitrogens is 3. The minimum absolute atomic E-state index is 0.442. The first-order valence-electron chi connectivity index (χ1n) is 10.6. The number of hydrogen-bond donors (Lipinski definition) is 1. The molecule has 0 aliphatic carbocycles. The molecule has 0 spiro atoms. The lowest BCUT2D eigenvalue weighted by molar-refractivity contribution is 0.224. The van der Waals surface area contributed by atoms with Crippen LogP contribution in [0.2, 0.25) is 0 Å². The fourth-order valence-corrected chi connectivity index (χ4v) is 4.46. The van der Waals surface area contributed by atoms with Crippen LogP contribution in [0.5, 0.6) is 11.6 Å². The molecule has 0 radical (unpaired) electrons. The summed E-state index contributed by atoms with van der Waals surface area (Å²) in [5.41, 5.74) is 3.32. The third-order valence-corrected chi connectivity index (χ3v) is 6.31. The number of ether oxygens (including phenoxy) is 2. The molecular weight excluding hydrogens is 488 g/mol. The van der Waals surface area contributed by atoms with E-state index in [4.69, 9.17) is 14.5 Å². The predicted molar refractivity (Wildman–Crippen MR) is 132 cm³/mol. The first-order chi connectivity index (χ1) is 15.7. The van der Waals surface area contributed by atoms with Crippen LogP contribution in [0.15, 0.2) is 64.7 Å². The molecule has 32 heavy (non-hydrogen) atoms. The van der Waals surface area contributed by atoms with E-state index in [-0.39, 0.29) is 0 Å². The number of fused-ring (bicyclic) bond motifs is 3. The van der Waals surface area contributed by atoms with Crippen molar-refractivity contribution in [2.75, 3.05) is 17.7 Å². The van der Waals surface area contributed by atoms with Gasteiger partial charge in [0.2, 0.25) is 11.0 Å². The first kappa shape index (κ1) is 22.6. The fourth-order valence-electron chi connectivity index (χ4n) is 3.32. The fraction of sp³-hybridized carbons (Fsp3) is 0.292. The lowest BCUT2D eigenvalue weighted by Crippen LogP contribution is -2.17. The average molecular weight is 513 g/mol. The number of halogens is 1. The second kappa shape index (κ2) is 10.8. The van der Waals surface area contributed by atoms with Gasteiger partial charge in [-0.05, 0) is 36.8 Å². The maximum absolute atomic E-state index is 6.36. The van der Waals surface area contributed by atoms with Gasteiger partial charge in [0.05, 0.1) is 0 Å². The summed E-state index contributed by atoms with van der Waals surface area (Å²) >= 11 is 5.17. The molecule has 0 bridgehead atoms. The van der Waals surface area contributed by atoms with Crippen molar-refractivity contribution in [3.63, 3.8) is 0 Å². The van der Waals surface area contributed by atoms with E-state index in [1.807, 2.05) is 42.5 Å². The van der Waals surface area contributed by atoms with E-state index in [2.05, 4.69) is 44.9 Å². The van der Waals surface area contributed by atoms with Crippen LogP contribution in [0.3, 0.4) is 0 Å². The van der Waals surface area contributed by atoms with Crippen molar-refractivity contribution in [3.05, 3.63) is 65.2 Å². The molecule has 0 amide bonds. The molecule has 0 saturated heterocycles. The Kier molecular flexibility index (Phi) is 7.65. The van der Waals surface area contributed by atoms with Crippen molar-refractivity contribution in [3.8, 4) is 22.9 Å². The highest BCUT2D eigenvalue weighted by molar-refractivity contribution is 9.10. The van der Waals surface area contributed by atoms with E-state index in [0.717, 1.165) is 39.2 Å². The molecule has 1 aliphatic rings. The SMILES string of the molecule is C=CCOc1cccc([C@@H]2Nc3ccc(Br)cc3-c3nnc(SCCCCC)nc3O2)c1. The Morgan fingerprint density at radius 1 is 1.22 bits per heavy atom. The maximum atomic E-state index is 6.36. The summed E-state index contributed by atoms with van der Waals surface area (Å²) in [4.78, 5) is 4.71. The van der Waals surface area contributed by atoms with Crippen LogP contribution < -0.4 is 14.8 Å². The number of nitrogens with zero attached hydrogens (tertiary/aromatic N) is 3. The molecule has 1 atom stereocenters. The molecule has 0 unspecified atom stereocenters. The van der Waals surface area contributed by atoms with Crippen LogP contribution >= 0.6 is 27.7 Å². The van der Waals surface area contributed by atoms with E-state index in [1.165, 1.54) is 12.8 Å². The summed E-state index contributed by atoms with van der Waals surface area (Å²) in [5.74, 6) is 2.17. The summed E-state index contributed by atoms with van der Waals surface area (Å²) in [5, 5.41) is 13.0. The summed E-state index contributed by atoms with van der Waals surface area (Å²) in [6.45, 7) is 6.34. The van der Waals surface area contributed by atoms with E-state index < -0.39 is 6.23 Å². The van der Waals surface area contributed by atoms with Gasteiger partial charge < -0.3 is 14.8 Å². The molecular formula is C24H25BrN4O2S. The van der Waals surface area contributed by atoms with Crippen molar-refractivity contribution >= 4 is 33.4 Å². The van der Waals surface area contributed by atoms with Gasteiger partial charge in [-0.1, -0.05) is 72.2 Å². The average Bonchev–Trinajstić information content (AvgIpc) is 2.97. The summed E-state index contributed by atoms with van der Waals surface area (Å²) < 4.78 is 13.0.